The van der Waals surface area contributed by atoms with Gasteiger partial charge in [0.1, 0.15) is 0 Å². The summed E-state index contributed by atoms with van der Waals surface area (Å²) in [6.07, 6.45) is 7.54. The number of nitrogens with one attached hydrogen (secondary N) is 3. The number of fused-ring (bicyclic) bond motifs is 1. The van der Waals surface area contributed by atoms with Crippen LogP contribution in [0.5, 0.6) is 0 Å². The van der Waals surface area contributed by atoms with Gasteiger partial charge in [-0.1, -0.05) is 24.3 Å². The molecule has 3 N–H and O–H groups in total. The van der Waals surface area contributed by atoms with Gasteiger partial charge >= 0.3 is 0 Å². The molecule has 1 aromatic carbocycles. The van der Waals surface area contributed by atoms with Crippen molar-refractivity contribution in [2.75, 3.05) is 18.4 Å². The Morgan fingerprint density at radius 3 is 2.83 bits per heavy atom. The van der Waals surface area contributed by atoms with Crippen LogP contribution in [0.25, 0.3) is 10.9 Å². The fraction of sp³-hybridized carbons (Fsp3) is 0.167. The first-order valence-corrected chi connectivity index (χ1v) is 7.78. The van der Waals surface area contributed by atoms with E-state index >= 15 is 0 Å². The molecule has 0 saturated heterocycles. The van der Waals surface area contributed by atoms with Gasteiger partial charge in [-0.25, -0.2) is 9.97 Å². The van der Waals surface area contributed by atoms with Crippen LogP contribution < -0.4 is 10.6 Å². The number of aromatic amines is 1. The molecule has 2 heterocycles. The van der Waals surface area contributed by atoms with E-state index in [9.17, 15) is 4.79 Å². The summed E-state index contributed by atoms with van der Waals surface area (Å²) in [5.41, 5.74) is 2.82. The molecule has 0 spiro atoms. The van der Waals surface area contributed by atoms with Gasteiger partial charge in [0.15, 0.2) is 0 Å². The molecule has 1 amide bonds. The summed E-state index contributed by atoms with van der Waals surface area (Å²) in [4.78, 5) is 23.4. The van der Waals surface area contributed by atoms with E-state index in [1.165, 1.54) is 23.3 Å². The molecule has 2 aromatic heterocycles. The predicted octanol–water partition coefficient (Wildman–Crippen LogP) is 2.53. The number of anilines is 1. The van der Waals surface area contributed by atoms with E-state index in [0.717, 1.165) is 11.9 Å². The minimum Gasteiger partial charge on any atom is -0.361 e. The molecule has 0 aliphatic heterocycles. The van der Waals surface area contributed by atoms with Crippen molar-refractivity contribution >= 4 is 22.8 Å². The van der Waals surface area contributed by atoms with Crippen molar-refractivity contribution in [2.24, 2.45) is 0 Å². The van der Waals surface area contributed by atoms with E-state index in [2.05, 4.69) is 44.3 Å². The number of para-hydroxylation sites is 1. The number of H-pyrrole nitrogens is 1. The van der Waals surface area contributed by atoms with E-state index in [1.807, 2.05) is 18.3 Å². The highest BCUT2D eigenvalue weighted by Gasteiger charge is 2.06. The van der Waals surface area contributed by atoms with Gasteiger partial charge in [-0.05, 0) is 18.1 Å². The normalized spacial score (nSPS) is 10.5. The maximum absolute atomic E-state index is 11.7. The first kappa shape index (κ1) is 15.7. The lowest BCUT2D eigenvalue weighted by Gasteiger charge is -2.05. The van der Waals surface area contributed by atoms with Crippen molar-refractivity contribution in [1.29, 1.82) is 0 Å². The van der Waals surface area contributed by atoms with Crippen LogP contribution in [-0.4, -0.2) is 33.9 Å². The number of carbonyl (C=O) groups excluding carboxylic acids is 1. The Hall–Kier alpha value is -3.15. The third-order valence-corrected chi connectivity index (χ3v) is 3.67. The van der Waals surface area contributed by atoms with E-state index in [4.69, 9.17) is 0 Å². The van der Waals surface area contributed by atoms with Gasteiger partial charge in [-0.2, -0.15) is 0 Å². The Morgan fingerprint density at radius 2 is 2.04 bits per heavy atom. The largest absolute Gasteiger partial charge is 0.361 e. The lowest BCUT2D eigenvalue weighted by Crippen LogP contribution is -2.23. The average molecular weight is 321 g/mol. The Morgan fingerprint density at radius 1 is 1.25 bits per heavy atom. The van der Waals surface area contributed by atoms with Crippen molar-refractivity contribution in [3.8, 4) is 0 Å². The Balaban J connectivity index is 1.55. The first-order valence-electron chi connectivity index (χ1n) is 7.78. The summed E-state index contributed by atoms with van der Waals surface area (Å²) in [6, 6.07) is 8.22. The van der Waals surface area contributed by atoms with E-state index < -0.39 is 0 Å². The number of hydrogen-bond acceptors (Lipinski definition) is 4. The maximum atomic E-state index is 11.7. The molecule has 0 fully saturated rings. The van der Waals surface area contributed by atoms with E-state index in [1.54, 1.807) is 6.08 Å². The summed E-state index contributed by atoms with van der Waals surface area (Å²) in [6.45, 7) is 4.69. The van der Waals surface area contributed by atoms with Crippen molar-refractivity contribution in [2.45, 2.75) is 6.42 Å². The quantitative estimate of drug-likeness (QED) is 0.584. The molecule has 0 atom stereocenters. The fourth-order valence-electron chi connectivity index (χ4n) is 2.45. The standard InChI is InChI=1S/C18H19N5O/c1-2-8-19-17(24)14-11-22-18(23-12-14)20-9-7-13-10-21-16-6-4-3-5-15(13)16/h2-6,10-12,21H,1,7-9H2,(H,19,24)(H,20,22,23). The third kappa shape index (κ3) is 3.60. The summed E-state index contributed by atoms with van der Waals surface area (Å²) >= 11 is 0. The highest BCUT2D eigenvalue weighted by molar-refractivity contribution is 5.93. The Labute approximate surface area is 140 Å². The highest BCUT2D eigenvalue weighted by Crippen LogP contribution is 2.17. The number of amides is 1. The number of nitrogens with zero attached hydrogens (tertiary/aromatic N) is 2. The number of carbonyl (C=O) groups is 1. The van der Waals surface area contributed by atoms with Crippen LogP contribution in [0, 0.1) is 0 Å². The summed E-state index contributed by atoms with van der Waals surface area (Å²) in [5, 5.41) is 7.09. The Bertz CT molecular complexity index is 838. The molecule has 6 nitrogen and oxygen atoms in total. The number of aromatic nitrogens is 3. The molecule has 0 aliphatic carbocycles. The average Bonchev–Trinajstić information content (AvgIpc) is 3.03. The second-order valence-corrected chi connectivity index (χ2v) is 5.33. The van der Waals surface area contributed by atoms with Gasteiger partial charge in [0.25, 0.3) is 5.91 Å². The molecular weight excluding hydrogens is 302 g/mol. The van der Waals surface area contributed by atoms with Crippen LogP contribution in [0.3, 0.4) is 0 Å². The zero-order valence-corrected chi connectivity index (χ0v) is 13.2. The Kier molecular flexibility index (Phi) is 4.86. The van der Waals surface area contributed by atoms with Gasteiger partial charge in [-0.3, -0.25) is 4.79 Å². The lowest BCUT2D eigenvalue weighted by atomic mass is 10.1. The van der Waals surface area contributed by atoms with Crippen molar-refractivity contribution in [3.05, 3.63) is 66.6 Å². The molecular formula is C18H19N5O. The molecule has 0 bridgehead atoms. The van der Waals surface area contributed by atoms with Gasteiger partial charge in [0, 0.05) is 42.6 Å². The third-order valence-electron chi connectivity index (χ3n) is 3.67. The zero-order chi connectivity index (χ0) is 16.8. The van der Waals surface area contributed by atoms with E-state index in [0.29, 0.717) is 24.6 Å². The van der Waals surface area contributed by atoms with Crippen LogP contribution in [0.15, 0.2) is 55.5 Å². The van der Waals surface area contributed by atoms with Gasteiger partial charge in [0.05, 0.1) is 5.56 Å². The highest BCUT2D eigenvalue weighted by atomic mass is 16.1. The summed E-state index contributed by atoms with van der Waals surface area (Å²) in [7, 11) is 0. The van der Waals surface area contributed by atoms with Crippen LogP contribution in [0.4, 0.5) is 5.95 Å². The summed E-state index contributed by atoms with van der Waals surface area (Å²) in [5.74, 6) is 0.301. The molecule has 3 rings (SSSR count). The first-order chi connectivity index (χ1) is 11.8. The summed E-state index contributed by atoms with van der Waals surface area (Å²) < 4.78 is 0. The van der Waals surface area contributed by atoms with Crippen LogP contribution >= 0.6 is 0 Å². The minimum absolute atomic E-state index is 0.208. The van der Waals surface area contributed by atoms with Gasteiger partial charge in [-0.15, -0.1) is 6.58 Å². The molecule has 24 heavy (non-hydrogen) atoms. The zero-order valence-electron chi connectivity index (χ0n) is 13.2. The molecule has 0 unspecified atom stereocenters. The molecule has 0 radical (unpaired) electrons. The fourth-order valence-corrected chi connectivity index (χ4v) is 2.45. The topological polar surface area (TPSA) is 82.7 Å². The number of hydrogen-bond donors (Lipinski definition) is 3. The molecule has 6 heteroatoms. The second kappa shape index (κ2) is 7.41. The maximum Gasteiger partial charge on any atom is 0.254 e. The van der Waals surface area contributed by atoms with Gasteiger partial charge < -0.3 is 15.6 Å². The minimum atomic E-state index is -0.208. The monoisotopic (exact) mass is 321 g/mol. The molecule has 0 aliphatic rings. The van der Waals surface area contributed by atoms with Crippen molar-refractivity contribution < 1.29 is 4.79 Å². The molecule has 3 aromatic rings. The van der Waals surface area contributed by atoms with E-state index in [-0.39, 0.29) is 5.91 Å². The smallest absolute Gasteiger partial charge is 0.254 e. The molecule has 122 valence electrons. The lowest BCUT2D eigenvalue weighted by molar-refractivity contribution is 0.0957. The van der Waals surface area contributed by atoms with Crippen LogP contribution in [0.1, 0.15) is 15.9 Å². The number of rotatable bonds is 7. The molecule has 0 saturated carbocycles. The second-order valence-electron chi connectivity index (χ2n) is 5.33. The predicted molar refractivity (Wildman–Crippen MR) is 95.1 cm³/mol. The number of benzene rings is 1. The van der Waals surface area contributed by atoms with Crippen LogP contribution in [-0.2, 0) is 6.42 Å². The van der Waals surface area contributed by atoms with Gasteiger partial charge in [0.2, 0.25) is 5.95 Å². The SMILES string of the molecule is C=CCNC(=O)c1cnc(NCCc2c[nH]c3ccccc23)nc1. The van der Waals surface area contributed by atoms with Crippen molar-refractivity contribution in [1.82, 2.24) is 20.3 Å². The van der Waals surface area contributed by atoms with Crippen LogP contribution in [0.2, 0.25) is 0 Å². The van der Waals surface area contributed by atoms with Crippen molar-refractivity contribution in [3.63, 3.8) is 0 Å².